The fraction of sp³-hybridized carbons (Fsp3) is 0.176. The lowest BCUT2D eigenvalue weighted by atomic mass is 10.2. The quantitative estimate of drug-likeness (QED) is 0.707. The summed E-state index contributed by atoms with van der Waals surface area (Å²) in [5.41, 5.74) is 2.26. The molecule has 0 radical (unpaired) electrons. The summed E-state index contributed by atoms with van der Waals surface area (Å²) in [6.07, 6.45) is 1.69. The number of carbonyl (C=O) groups is 1. The lowest BCUT2D eigenvalue weighted by molar-refractivity contribution is 0.102. The van der Waals surface area contributed by atoms with E-state index < -0.39 is 0 Å². The van der Waals surface area contributed by atoms with Crippen LogP contribution in [0.25, 0.3) is 0 Å². The molecular formula is C17H16BrN3OS. The SMILES string of the molecule is Cc1cc(C(=O)Nc2ccnn2Cc2ccc(Br)cc2)sc1C. The Kier molecular flexibility index (Phi) is 4.63. The van der Waals surface area contributed by atoms with Gasteiger partial charge in [0.25, 0.3) is 5.91 Å². The Bertz CT molecular complexity index is 816. The first-order valence-corrected chi connectivity index (χ1v) is 8.78. The number of benzene rings is 1. The van der Waals surface area contributed by atoms with Crippen molar-refractivity contribution in [1.29, 1.82) is 0 Å². The van der Waals surface area contributed by atoms with Crippen LogP contribution >= 0.6 is 27.3 Å². The van der Waals surface area contributed by atoms with E-state index in [0.717, 1.165) is 20.5 Å². The second kappa shape index (κ2) is 6.68. The molecular weight excluding hydrogens is 374 g/mol. The van der Waals surface area contributed by atoms with E-state index in [-0.39, 0.29) is 5.91 Å². The molecule has 118 valence electrons. The Morgan fingerprint density at radius 3 is 2.65 bits per heavy atom. The smallest absolute Gasteiger partial charge is 0.266 e. The molecule has 0 spiro atoms. The van der Waals surface area contributed by atoms with Crippen molar-refractivity contribution in [3.63, 3.8) is 0 Å². The van der Waals surface area contributed by atoms with E-state index in [9.17, 15) is 4.79 Å². The normalized spacial score (nSPS) is 10.7. The van der Waals surface area contributed by atoms with Gasteiger partial charge in [-0.2, -0.15) is 5.10 Å². The van der Waals surface area contributed by atoms with Crippen molar-refractivity contribution in [3.05, 3.63) is 67.9 Å². The van der Waals surface area contributed by atoms with Crippen molar-refractivity contribution in [2.45, 2.75) is 20.4 Å². The highest BCUT2D eigenvalue weighted by Gasteiger charge is 2.13. The monoisotopic (exact) mass is 389 g/mol. The Morgan fingerprint density at radius 2 is 2.00 bits per heavy atom. The number of nitrogens with zero attached hydrogens (tertiary/aromatic N) is 2. The number of nitrogens with one attached hydrogen (secondary N) is 1. The average Bonchev–Trinajstić information content (AvgIpc) is 3.09. The van der Waals surface area contributed by atoms with Crippen molar-refractivity contribution in [2.24, 2.45) is 0 Å². The van der Waals surface area contributed by atoms with E-state index in [1.165, 1.54) is 16.2 Å². The van der Waals surface area contributed by atoms with E-state index in [1.807, 2.05) is 50.2 Å². The summed E-state index contributed by atoms with van der Waals surface area (Å²) in [6.45, 7) is 4.65. The van der Waals surface area contributed by atoms with Crippen LogP contribution in [0.1, 0.15) is 25.7 Å². The summed E-state index contributed by atoms with van der Waals surface area (Å²) in [5, 5.41) is 7.24. The minimum absolute atomic E-state index is 0.0937. The van der Waals surface area contributed by atoms with Crippen LogP contribution in [0.4, 0.5) is 5.82 Å². The van der Waals surface area contributed by atoms with Gasteiger partial charge in [-0.15, -0.1) is 11.3 Å². The molecule has 0 atom stereocenters. The first-order chi connectivity index (χ1) is 11.0. The first kappa shape index (κ1) is 16.0. The summed E-state index contributed by atoms with van der Waals surface area (Å²) >= 11 is 4.93. The van der Waals surface area contributed by atoms with Gasteiger partial charge in [-0.25, -0.2) is 4.68 Å². The minimum atomic E-state index is -0.0937. The highest BCUT2D eigenvalue weighted by atomic mass is 79.9. The molecule has 2 aromatic heterocycles. The van der Waals surface area contributed by atoms with Gasteiger partial charge in [-0.05, 0) is 43.2 Å². The zero-order chi connectivity index (χ0) is 16.4. The predicted molar refractivity (Wildman–Crippen MR) is 97.2 cm³/mol. The van der Waals surface area contributed by atoms with Crippen molar-refractivity contribution in [3.8, 4) is 0 Å². The highest BCUT2D eigenvalue weighted by molar-refractivity contribution is 9.10. The van der Waals surface area contributed by atoms with Crippen LogP contribution in [0.5, 0.6) is 0 Å². The number of amides is 1. The molecule has 1 amide bonds. The second-order valence-electron chi connectivity index (χ2n) is 5.30. The van der Waals surface area contributed by atoms with Crippen molar-refractivity contribution >= 4 is 39.0 Å². The molecule has 23 heavy (non-hydrogen) atoms. The summed E-state index contributed by atoms with van der Waals surface area (Å²) in [6, 6.07) is 11.8. The maximum absolute atomic E-state index is 12.4. The zero-order valence-corrected chi connectivity index (χ0v) is 15.2. The zero-order valence-electron chi connectivity index (χ0n) is 12.8. The molecule has 3 rings (SSSR count). The van der Waals surface area contributed by atoms with Crippen molar-refractivity contribution in [1.82, 2.24) is 9.78 Å². The van der Waals surface area contributed by atoms with E-state index in [2.05, 4.69) is 26.3 Å². The third-order valence-corrected chi connectivity index (χ3v) is 5.27. The Morgan fingerprint density at radius 1 is 1.26 bits per heavy atom. The third kappa shape index (κ3) is 3.71. The number of aryl methyl sites for hydroxylation is 2. The van der Waals surface area contributed by atoms with Crippen LogP contribution in [0.3, 0.4) is 0 Å². The van der Waals surface area contributed by atoms with Gasteiger partial charge in [0.1, 0.15) is 5.82 Å². The van der Waals surface area contributed by atoms with Crippen LogP contribution in [-0.4, -0.2) is 15.7 Å². The van der Waals surface area contributed by atoms with Gasteiger partial charge in [0.15, 0.2) is 0 Å². The van der Waals surface area contributed by atoms with Crippen LogP contribution in [-0.2, 0) is 6.54 Å². The first-order valence-electron chi connectivity index (χ1n) is 7.17. The van der Waals surface area contributed by atoms with Crippen LogP contribution < -0.4 is 5.32 Å². The molecule has 0 aliphatic rings. The van der Waals surface area contributed by atoms with Crippen LogP contribution in [0.15, 0.2) is 47.1 Å². The number of thiophene rings is 1. The maximum Gasteiger partial charge on any atom is 0.266 e. The fourth-order valence-corrected chi connectivity index (χ4v) is 3.38. The standard InChI is InChI=1S/C17H16BrN3OS/c1-11-9-15(23-12(11)2)17(22)20-16-7-8-19-21(16)10-13-3-5-14(18)6-4-13/h3-9H,10H2,1-2H3,(H,20,22). The van der Waals surface area contributed by atoms with E-state index in [4.69, 9.17) is 0 Å². The lowest BCUT2D eigenvalue weighted by Gasteiger charge is -2.08. The van der Waals surface area contributed by atoms with Crippen LogP contribution in [0.2, 0.25) is 0 Å². The van der Waals surface area contributed by atoms with E-state index >= 15 is 0 Å². The summed E-state index contributed by atoms with van der Waals surface area (Å²) in [5.74, 6) is 0.602. The number of carbonyl (C=O) groups excluding carboxylic acids is 1. The van der Waals surface area contributed by atoms with Gasteiger partial charge >= 0.3 is 0 Å². The molecule has 3 aromatic rings. The maximum atomic E-state index is 12.4. The molecule has 4 nitrogen and oxygen atoms in total. The molecule has 0 fully saturated rings. The van der Waals surface area contributed by atoms with Gasteiger partial charge in [0, 0.05) is 15.4 Å². The number of halogens is 1. The topological polar surface area (TPSA) is 46.9 Å². The largest absolute Gasteiger partial charge is 0.306 e. The molecule has 0 aliphatic carbocycles. The summed E-state index contributed by atoms with van der Waals surface area (Å²) < 4.78 is 2.83. The van der Waals surface area contributed by atoms with Gasteiger partial charge in [0.05, 0.1) is 17.6 Å². The van der Waals surface area contributed by atoms with Crippen LogP contribution in [0, 0.1) is 13.8 Å². The molecule has 0 saturated carbocycles. The molecule has 1 aromatic carbocycles. The Hall–Kier alpha value is -1.92. The lowest BCUT2D eigenvalue weighted by Crippen LogP contribution is -2.15. The fourth-order valence-electron chi connectivity index (χ4n) is 2.19. The number of anilines is 1. The van der Waals surface area contributed by atoms with Gasteiger partial charge in [-0.3, -0.25) is 4.79 Å². The summed E-state index contributed by atoms with van der Waals surface area (Å²) in [7, 11) is 0. The molecule has 1 N–H and O–H groups in total. The number of aromatic nitrogens is 2. The molecule has 0 saturated heterocycles. The summed E-state index contributed by atoms with van der Waals surface area (Å²) in [4.78, 5) is 14.3. The van der Waals surface area contributed by atoms with Gasteiger partial charge in [-0.1, -0.05) is 28.1 Å². The van der Waals surface area contributed by atoms with E-state index in [0.29, 0.717) is 12.4 Å². The van der Waals surface area contributed by atoms with Gasteiger partial charge < -0.3 is 5.32 Å². The molecule has 0 unspecified atom stereocenters. The van der Waals surface area contributed by atoms with E-state index in [1.54, 1.807) is 10.9 Å². The minimum Gasteiger partial charge on any atom is -0.306 e. The average molecular weight is 390 g/mol. The molecule has 0 bridgehead atoms. The number of hydrogen-bond acceptors (Lipinski definition) is 3. The Labute approximate surface area is 147 Å². The predicted octanol–water partition coefficient (Wildman–Crippen LogP) is 4.62. The number of rotatable bonds is 4. The Balaban J connectivity index is 1.75. The number of hydrogen-bond donors (Lipinski definition) is 1. The molecule has 0 aliphatic heterocycles. The van der Waals surface area contributed by atoms with Crippen molar-refractivity contribution < 1.29 is 4.79 Å². The molecule has 2 heterocycles. The highest BCUT2D eigenvalue weighted by Crippen LogP contribution is 2.22. The van der Waals surface area contributed by atoms with Crippen molar-refractivity contribution in [2.75, 3.05) is 5.32 Å². The molecule has 6 heteroatoms. The second-order valence-corrected chi connectivity index (χ2v) is 7.48. The third-order valence-electron chi connectivity index (χ3n) is 3.59. The van der Waals surface area contributed by atoms with Gasteiger partial charge in [0.2, 0.25) is 0 Å².